The van der Waals surface area contributed by atoms with Crippen molar-refractivity contribution >= 4 is 21.9 Å². The van der Waals surface area contributed by atoms with E-state index in [0.717, 1.165) is 5.56 Å². The van der Waals surface area contributed by atoms with E-state index >= 15 is 0 Å². The minimum atomic E-state index is -3.80. The zero-order valence-electron chi connectivity index (χ0n) is 16.5. The van der Waals surface area contributed by atoms with Crippen LogP contribution in [0.15, 0.2) is 59.5 Å². The number of hydroxylamine groups is 1. The van der Waals surface area contributed by atoms with Gasteiger partial charge >= 0.3 is 5.97 Å². The van der Waals surface area contributed by atoms with Gasteiger partial charge in [0.25, 0.3) is 15.9 Å². The number of esters is 1. The predicted octanol–water partition coefficient (Wildman–Crippen LogP) is 1.95. The van der Waals surface area contributed by atoms with E-state index in [1.165, 1.54) is 38.4 Å². The average Bonchev–Trinajstić information content (AvgIpc) is 2.75. The van der Waals surface area contributed by atoms with Gasteiger partial charge in [0.1, 0.15) is 0 Å². The summed E-state index contributed by atoms with van der Waals surface area (Å²) in [5.74, 6) is -1.02. The van der Waals surface area contributed by atoms with Crippen molar-refractivity contribution in [3.63, 3.8) is 0 Å². The van der Waals surface area contributed by atoms with E-state index in [0.29, 0.717) is 11.0 Å². The largest absolute Gasteiger partial charge is 0.452 e. The number of carbonyl (C=O) groups excluding carboxylic acids is 2. The van der Waals surface area contributed by atoms with Crippen LogP contribution in [-0.2, 0) is 24.4 Å². The molecule has 0 fully saturated rings. The Morgan fingerprint density at radius 3 is 2.28 bits per heavy atom. The fraction of sp³-hybridized carbons (Fsp3) is 0.300. The first-order chi connectivity index (χ1) is 13.8. The zero-order chi connectivity index (χ0) is 21.4. The first kappa shape index (κ1) is 22.5. The van der Waals surface area contributed by atoms with Crippen LogP contribution < -0.4 is 5.32 Å². The molecule has 0 aliphatic carbocycles. The van der Waals surface area contributed by atoms with Gasteiger partial charge in [0.05, 0.1) is 17.6 Å². The molecule has 0 heterocycles. The number of amides is 1. The minimum Gasteiger partial charge on any atom is -0.452 e. The Labute approximate surface area is 170 Å². The van der Waals surface area contributed by atoms with Gasteiger partial charge in [0.15, 0.2) is 6.61 Å². The molecule has 0 bridgehead atoms. The van der Waals surface area contributed by atoms with Crippen LogP contribution in [-0.4, -0.2) is 52.1 Å². The lowest BCUT2D eigenvalue weighted by Gasteiger charge is -2.14. The van der Waals surface area contributed by atoms with E-state index in [1.54, 1.807) is 0 Å². The highest BCUT2D eigenvalue weighted by molar-refractivity contribution is 7.89. The molecule has 0 saturated carbocycles. The molecule has 8 nitrogen and oxygen atoms in total. The van der Waals surface area contributed by atoms with Crippen LogP contribution >= 0.6 is 0 Å². The summed E-state index contributed by atoms with van der Waals surface area (Å²) in [6.45, 7) is 1.98. The number of ether oxygens (including phenoxy) is 1. The number of benzene rings is 2. The van der Waals surface area contributed by atoms with Crippen LogP contribution in [0.1, 0.15) is 28.8 Å². The summed E-state index contributed by atoms with van der Waals surface area (Å²) >= 11 is 0. The third-order valence-corrected chi connectivity index (χ3v) is 5.99. The lowest BCUT2D eigenvalue weighted by atomic mass is 10.0. The number of hydrogen-bond donors (Lipinski definition) is 1. The maximum Gasteiger partial charge on any atom is 0.338 e. The lowest BCUT2D eigenvalue weighted by molar-refractivity contribution is -0.124. The van der Waals surface area contributed by atoms with Gasteiger partial charge in [0.2, 0.25) is 0 Å². The zero-order valence-corrected chi connectivity index (χ0v) is 17.3. The standard InChI is InChI=1S/C20H24N2O6S/c1-15(16-7-5-4-6-8-16)13-21-19(23)14-28-20(24)17-9-11-18(12-10-17)29(25,26)22(2)27-3/h4-12,15H,13-14H2,1-3H3,(H,21,23)/t15-/m1/s1. The summed E-state index contributed by atoms with van der Waals surface area (Å²) in [6.07, 6.45) is 0. The Hall–Kier alpha value is -2.75. The smallest absolute Gasteiger partial charge is 0.338 e. The van der Waals surface area contributed by atoms with Gasteiger partial charge in [-0.05, 0) is 35.7 Å². The summed E-state index contributed by atoms with van der Waals surface area (Å²) in [6, 6.07) is 14.9. The Balaban J connectivity index is 1.85. The lowest BCUT2D eigenvalue weighted by Crippen LogP contribution is -2.31. The van der Waals surface area contributed by atoms with Crippen molar-refractivity contribution in [2.24, 2.45) is 0 Å². The molecule has 2 aromatic rings. The monoisotopic (exact) mass is 420 g/mol. The molecule has 0 radical (unpaired) electrons. The highest BCUT2D eigenvalue weighted by Crippen LogP contribution is 2.16. The first-order valence-corrected chi connectivity index (χ1v) is 10.3. The molecule has 0 unspecified atom stereocenters. The van der Waals surface area contributed by atoms with Gasteiger partial charge in [0, 0.05) is 13.6 Å². The SMILES string of the molecule is CON(C)S(=O)(=O)c1ccc(C(=O)OCC(=O)NC[C@@H](C)c2ccccc2)cc1. The van der Waals surface area contributed by atoms with Gasteiger partial charge in [-0.1, -0.05) is 41.7 Å². The molecular weight excluding hydrogens is 396 g/mol. The summed E-state index contributed by atoms with van der Waals surface area (Å²) < 4.78 is 29.9. The van der Waals surface area contributed by atoms with Gasteiger partial charge in [-0.25, -0.2) is 13.2 Å². The van der Waals surface area contributed by atoms with E-state index in [2.05, 4.69) is 10.2 Å². The summed E-state index contributed by atoms with van der Waals surface area (Å²) in [7, 11) is -1.31. The summed E-state index contributed by atoms with van der Waals surface area (Å²) in [5, 5.41) is 2.72. The van der Waals surface area contributed by atoms with Crippen molar-refractivity contribution in [2.45, 2.75) is 17.7 Å². The number of sulfonamides is 1. The second kappa shape index (κ2) is 10.1. The molecule has 2 rings (SSSR count). The molecule has 1 atom stereocenters. The van der Waals surface area contributed by atoms with E-state index in [-0.39, 0.29) is 16.4 Å². The molecule has 156 valence electrons. The maximum atomic E-state index is 12.1. The third-order valence-electron chi connectivity index (χ3n) is 4.29. The maximum absolute atomic E-state index is 12.1. The van der Waals surface area contributed by atoms with Crippen LogP contribution in [0.4, 0.5) is 0 Å². The van der Waals surface area contributed by atoms with Crippen molar-refractivity contribution in [3.05, 3.63) is 65.7 Å². The Morgan fingerprint density at radius 2 is 1.69 bits per heavy atom. The molecule has 0 aliphatic rings. The molecule has 1 amide bonds. The molecular formula is C20H24N2O6S. The van der Waals surface area contributed by atoms with Gasteiger partial charge in [-0.2, -0.15) is 0 Å². The Bertz CT molecular complexity index is 929. The molecule has 1 N–H and O–H groups in total. The fourth-order valence-corrected chi connectivity index (χ4v) is 3.41. The number of rotatable bonds is 9. The van der Waals surface area contributed by atoms with Crippen molar-refractivity contribution in [1.82, 2.24) is 9.79 Å². The van der Waals surface area contributed by atoms with Crippen LogP contribution in [0.3, 0.4) is 0 Å². The average molecular weight is 420 g/mol. The van der Waals surface area contributed by atoms with Gasteiger partial charge in [-0.15, -0.1) is 0 Å². The van der Waals surface area contributed by atoms with E-state index in [4.69, 9.17) is 4.74 Å². The first-order valence-electron chi connectivity index (χ1n) is 8.87. The van der Waals surface area contributed by atoms with Crippen molar-refractivity contribution < 1.29 is 27.6 Å². The van der Waals surface area contributed by atoms with Crippen molar-refractivity contribution in [3.8, 4) is 0 Å². The molecule has 0 spiro atoms. The Morgan fingerprint density at radius 1 is 1.07 bits per heavy atom. The molecule has 9 heteroatoms. The number of nitrogens with zero attached hydrogens (tertiary/aromatic N) is 1. The quantitative estimate of drug-likeness (QED) is 0.491. The number of nitrogens with one attached hydrogen (secondary N) is 1. The second-order valence-corrected chi connectivity index (χ2v) is 8.25. The van der Waals surface area contributed by atoms with Gasteiger partial charge < -0.3 is 10.1 Å². The van der Waals surface area contributed by atoms with Crippen LogP contribution in [0, 0.1) is 0 Å². The minimum absolute atomic E-state index is 0.0361. The topological polar surface area (TPSA) is 102 Å². The van der Waals surface area contributed by atoms with Crippen LogP contribution in [0.2, 0.25) is 0 Å². The molecule has 0 saturated heterocycles. The Kier molecular flexibility index (Phi) is 7.89. The van der Waals surface area contributed by atoms with E-state index in [1.807, 2.05) is 37.3 Å². The summed E-state index contributed by atoms with van der Waals surface area (Å²) in [4.78, 5) is 28.6. The predicted molar refractivity (Wildman–Crippen MR) is 107 cm³/mol. The number of carbonyl (C=O) groups is 2. The molecule has 2 aromatic carbocycles. The number of hydrogen-bond acceptors (Lipinski definition) is 6. The third kappa shape index (κ3) is 6.11. The molecule has 29 heavy (non-hydrogen) atoms. The van der Waals surface area contributed by atoms with Gasteiger partial charge in [-0.3, -0.25) is 9.63 Å². The highest BCUT2D eigenvalue weighted by atomic mass is 32.2. The second-order valence-electron chi connectivity index (χ2n) is 6.31. The van der Waals surface area contributed by atoms with Crippen LogP contribution in [0.25, 0.3) is 0 Å². The normalized spacial score (nSPS) is 12.4. The van der Waals surface area contributed by atoms with E-state index < -0.39 is 28.5 Å². The van der Waals surface area contributed by atoms with E-state index in [9.17, 15) is 18.0 Å². The van der Waals surface area contributed by atoms with Crippen molar-refractivity contribution in [1.29, 1.82) is 0 Å². The van der Waals surface area contributed by atoms with Crippen molar-refractivity contribution in [2.75, 3.05) is 27.3 Å². The molecule has 0 aliphatic heterocycles. The fourth-order valence-electron chi connectivity index (χ4n) is 2.44. The van der Waals surface area contributed by atoms with Crippen LogP contribution in [0.5, 0.6) is 0 Å². The molecule has 0 aromatic heterocycles. The highest BCUT2D eigenvalue weighted by Gasteiger charge is 2.21. The summed E-state index contributed by atoms with van der Waals surface area (Å²) in [5.41, 5.74) is 1.23.